The van der Waals surface area contributed by atoms with Crippen LogP contribution in [0.2, 0.25) is 0 Å². The van der Waals surface area contributed by atoms with Gasteiger partial charge >= 0.3 is 12.4 Å². The molecule has 0 saturated carbocycles. The number of aromatic nitrogens is 1. The molecule has 0 aliphatic carbocycles. The zero-order valence-corrected chi connectivity index (χ0v) is 10.3. The Balaban J connectivity index is 2.58. The van der Waals surface area contributed by atoms with Crippen LogP contribution < -0.4 is 5.32 Å². The van der Waals surface area contributed by atoms with Gasteiger partial charge in [0.05, 0.1) is 5.56 Å². The minimum atomic E-state index is -5.13. The lowest BCUT2D eigenvalue weighted by molar-refractivity contribution is -0.164. The Morgan fingerprint density at radius 2 is 1.65 bits per heavy atom. The van der Waals surface area contributed by atoms with Crippen molar-refractivity contribution in [2.24, 2.45) is 0 Å². The number of pyridine rings is 1. The van der Waals surface area contributed by atoms with Gasteiger partial charge in [-0.3, -0.25) is 0 Å². The highest BCUT2D eigenvalue weighted by Crippen LogP contribution is 2.41. The van der Waals surface area contributed by atoms with Crippen molar-refractivity contribution in [1.29, 1.82) is 0 Å². The predicted molar refractivity (Wildman–Crippen MR) is 60.3 cm³/mol. The lowest BCUT2D eigenvalue weighted by Gasteiger charge is -2.20. The number of hydrogen-bond acceptors (Lipinski definition) is 2. The SMILES string of the molecule is FC(F)(F)c1cc2c(nc1C(F)(F)F)NCCCCC2. The second-order valence-electron chi connectivity index (χ2n) is 4.63. The van der Waals surface area contributed by atoms with E-state index in [1.54, 1.807) is 0 Å². The minimum Gasteiger partial charge on any atom is -0.370 e. The third-order valence-electron chi connectivity index (χ3n) is 3.09. The molecule has 0 amide bonds. The van der Waals surface area contributed by atoms with Gasteiger partial charge in [0.15, 0.2) is 5.69 Å². The second kappa shape index (κ2) is 5.14. The molecule has 0 unspecified atom stereocenters. The summed E-state index contributed by atoms with van der Waals surface area (Å²) in [6.45, 7) is 0.405. The van der Waals surface area contributed by atoms with Gasteiger partial charge in [-0.1, -0.05) is 6.42 Å². The average Bonchev–Trinajstić information content (AvgIpc) is 2.26. The zero-order chi connectivity index (χ0) is 15.0. The van der Waals surface area contributed by atoms with Crippen LogP contribution in [0.25, 0.3) is 0 Å². The molecular weight excluding hydrogens is 286 g/mol. The Kier molecular flexibility index (Phi) is 3.84. The molecule has 1 N–H and O–H groups in total. The highest BCUT2D eigenvalue weighted by atomic mass is 19.4. The van der Waals surface area contributed by atoms with Crippen molar-refractivity contribution >= 4 is 5.82 Å². The van der Waals surface area contributed by atoms with E-state index in [-0.39, 0.29) is 17.8 Å². The molecule has 1 aliphatic rings. The molecule has 1 aromatic heterocycles. The summed E-state index contributed by atoms with van der Waals surface area (Å²) >= 11 is 0. The van der Waals surface area contributed by atoms with Crippen molar-refractivity contribution in [3.8, 4) is 0 Å². The summed E-state index contributed by atoms with van der Waals surface area (Å²) in [4.78, 5) is 3.20. The first kappa shape index (κ1) is 14.9. The van der Waals surface area contributed by atoms with E-state index in [0.717, 1.165) is 12.8 Å². The van der Waals surface area contributed by atoms with E-state index in [0.29, 0.717) is 19.0 Å². The minimum absolute atomic E-state index is 0.0926. The van der Waals surface area contributed by atoms with Crippen molar-refractivity contribution in [3.05, 3.63) is 22.9 Å². The van der Waals surface area contributed by atoms with E-state index in [4.69, 9.17) is 0 Å². The first-order valence-corrected chi connectivity index (χ1v) is 6.12. The molecule has 0 atom stereocenters. The molecule has 0 bridgehead atoms. The maximum atomic E-state index is 12.8. The number of nitrogens with zero attached hydrogens (tertiary/aromatic N) is 1. The highest BCUT2D eigenvalue weighted by molar-refractivity contribution is 5.49. The summed E-state index contributed by atoms with van der Waals surface area (Å²) in [6, 6.07) is 0.573. The second-order valence-corrected chi connectivity index (χ2v) is 4.63. The van der Waals surface area contributed by atoms with Crippen molar-refractivity contribution in [2.75, 3.05) is 11.9 Å². The molecule has 8 heteroatoms. The summed E-state index contributed by atoms with van der Waals surface area (Å²) in [5, 5.41) is 2.68. The van der Waals surface area contributed by atoms with Gasteiger partial charge in [-0.15, -0.1) is 0 Å². The smallest absolute Gasteiger partial charge is 0.370 e. The van der Waals surface area contributed by atoms with Crippen molar-refractivity contribution in [1.82, 2.24) is 4.98 Å². The number of halogens is 6. The van der Waals surface area contributed by atoms with Gasteiger partial charge in [-0.2, -0.15) is 26.3 Å². The molecule has 0 radical (unpaired) electrons. The largest absolute Gasteiger partial charge is 0.434 e. The number of nitrogens with one attached hydrogen (secondary N) is 1. The van der Waals surface area contributed by atoms with Crippen LogP contribution in [0, 0.1) is 0 Å². The Hall–Kier alpha value is -1.47. The van der Waals surface area contributed by atoms with E-state index >= 15 is 0 Å². The van der Waals surface area contributed by atoms with E-state index in [1.165, 1.54) is 0 Å². The van der Waals surface area contributed by atoms with Crippen LogP contribution in [0.15, 0.2) is 6.07 Å². The summed E-state index contributed by atoms with van der Waals surface area (Å²) in [6.07, 6.45) is -7.72. The molecule has 112 valence electrons. The van der Waals surface area contributed by atoms with Gasteiger partial charge in [0.1, 0.15) is 5.82 Å². The molecule has 2 rings (SSSR count). The number of aryl methyl sites for hydroxylation is 1. The Labute approximate surface area is 111 Å². The first-order valence-electron chi connectivity index (χ1n) is 6.12. The molecule has 2 heterocycles. The Bertz CT molecular complexity index is 447. The lowest BCUT2D eigenvalue weighted by Crippen LogP contribution is -2.21. The van der Waals surface area contributed by atoms with Crippen LogP contribution in [0.1, 0.15) is 36.1 Å². The molecule has 2 nitrogen and oxygen atoms in total. The molecule has 1 aromatic rings. The van der Waals surface area contributed by atoms with Gasteiger partial charge < -0.3 is 5.32 Å². The Morgan fingerprint density at radius 3 is 2.25 bits per heavy atom. The molecule has 0 aromatic carbocycles. The molecular formula is C12H12F6N2. The number of rotatable bonds is 0. The van der Waals surface area contributed by atoms with Crippen molar-refractivity contribution < 1.29 is 26.3 Å². The number of anilines is 1. The molecule has 1 aliphatic heterocycles. The van der Waals surface area contributed by atoms with Gasteiger partial charge in [0.25, 0.3) is 0 Å². The fourth-order valence-electron chi connectivity index (χ4n) is 2.15. The molecule has 0 saturated heterocycles. The first-order chi connectivity index (χ1) is 9.19. The van der Waals surface area contributed by atoms with Crippen LogP contribution in [-0.4, -0.2) is 11.5 Å². The van der Waals surface area contributed by atoms with Crippen LogP contribution in [0.4, 0.5) is 32.2 Å². The predicted octanol–water partition coefficient (Wildman–Crippen LogP) is 4.26. The highest BCUT2D eigenvalue weighted by Gasteiger charge is 2.45. The van der Waals surface area contributed by atoms with Crippen molar-refractivity contribution in [2.45, 2.75) is 38.0 Å². The fraction of sp³-hybridized carbons (Fsp3) is 0.583. The average molecular weight is 298 g/mol. The van der Waals surface area contributed by atoms with Crippen LogP contribution >= 0.6 is 0 Å². The van der Waals surface area contributed by atoms with E-state index in [9.17, 15) is 26.3 Å². The van der Waals surface area contributed by atoms with Gasteiger partial charge in [-0.05, 0) is 30.9 Å². The zero-order valence-electron chi connectivity index (χ0n) is 10.3. The normalized spacial score (nSPS) is 16.9. The summed E-state index contributed by atoms with van der Waals surface area (Å²) < 4.78 is 76.5. The molecule has 0 fully saturated rings. The topological polar surface area (TPSA) is 24.9 Å². The van der Waals surface area contributed by atoms with Gasteiger partial charge in [0, 0.05) is 6.54 Å². The van der Waals surface area contributed by atoms with Crippen LogP contribution in [-0.2, 0) is 18.8 Å². The summed E-state index contributed by atoms with van der Waals surface area (Å²) in [7, 11) is 0. The van der Waals surface area contributed by atoms with Gasteiger partial charge in [0.2, 0.25) is 0 Å². The summed E-state index contributed by atoms with van der Waals surface area (Å²) in [5.74, 6) is -0.0926. The van der Waals surface area contributed by atoms with Gasteiger partial charge in [-0.25, -0.2) is 4.98 Å². The maximum Gasteiger partial charge on any atom is 0.434 e. The number of alkyl halides is 6. The van der Waals surface area contributed by atoms with E-state index in [2.05, 4.69) is 10.3 Å². The summed E-state index contributed by atoms with van der Waals surface area (Å²) in [5.41, 5.74) is -3.41. The quantitative estimate of drug-likeness (QED) is 0.724. The van der Waals surface area contributed by atoms with E-state index < -0.39 is 23.6 Å². The molecule has 0 spiro atoms. The Morgan fingerprint density at radius 1 is 0.950 bits per heavy atom. The lowest BCUT2D eigenvalue weighted by atomic mass is 10.0. The third-order valence-corrected chi connectivity index (χ3v) is 3.09. The van der Waals surface area contributed by atoms with Crippen molar-refractivity contribution in [3.63, 3.8) is 0 Å². The van der Waals surface area contributed by atoms with Crippen LogP contribution in [0.5, 0.6) is 0 Å². The third kappa shape index (κ3) is 3.16. The maximum absolute atomic E-state index is 12.8. The number of fused-ring (bicyclic) bond motifs is 1. The van der Waals surface area contributed by atoms with Crippen LogP contribution in [0.3, 0.4) is 0 Å². The van der Waals surface area contributed by atoms with E-state index in [1.807, 2.05) is 0 Å². The standard InChI is InChI=1S/C12H12F6N2/c13-11(14,15)8-6-7-4-2-1-3-5-19-10(7)20-9(8)12(16,17)18/h6H,1-5H2,(H,19,20). The monoisotopic (exact) mass is 298 g/mol. The fourth-order valence-corrected chi connectivity index (χ4v) is 2.15. The number of hydrogen-bond donors (Lipinski definition) is 1. The molecule has 20 heavy (non-hydrogen) atoms.